The van der Waals surface area contributed by atoms with Crippen molar-refractivity contribution < 1.29 is 14.9 Å². The fourth-order valence-electron chi connectivity index (χ4n) is 2.54. The molecule has 4 nitrogen and oxygen atoms in total. The van der Waals surface area contributed by atoms with Crippen molar-refractivity contribution in [1.29, 1.82) is 0 Å². The van der Waals surface area contributed by atoms with Crippen molar-refractivity contribution in [1.82, 2.24) is 0 Å². The molecule has 0 fully saturated rings. The van der Waals surface area contributed by atoms with E-state index in [-0.39, 0.29) is 17.6 Å². The van der Waals surface area contributed by atoms with Crippen molar-refractivity contribution in [2.24, 2.45) is 4.99 Å². The molecule has 0 saturated carbocycles. The molecule has 2 N–H and O–H groups in total. The van der Waals surface area contributed by atoms with E-state index in [0.717, 1.165) is 16.8 Å². The van der Waals surface area contributed by atoms with Gasteiger partial charge in [-0.2, -0.15) is 0 Å². The zero-order valence-electron chi connectivity index (χ0n) is 11.1. The molecule has 0 aliphatic carbocycles. The summed E-state index contributed by atoms with van der Waals surface area (Å²) in [6, 6.07) is 13.1. The molecule has 1 unspecified atom stereocenters. The number of nitrogens with zero attached hydrogens (tertiary/aromatic N) is 1. The monoisotopic (exact) mass is 269 g/mol. The van der Waals surface area contributed by atoms with E-state index in [0.29, 0.717) is 12.1 Å². The van der Waals surface area contributed by atoms with E-state index in [9.17, 15) is 10.2 Å². The number of phenolic OH excluding ortho intramolecular Hbond substituents is 2. The van der Waals surface area contributed by atoms with Crippen LogP contribution in [0, 0.1) is 0 Å². The first kappa shape index (κ1) is 12.7. The number of benzene rings is 2. The topological polar surface area (TPSA) is 62.0 Å². The second kappa shape index (κ2) is 4.98. The summed E-state index contributed by atoms with van der Waals surface area (Å²) >= 11 is 0. The van der Waals surface area contributed by atoms with Crippen LogP contribution in [0.25, 0.3) is 0 Å². The molecule has 2 aromatic rings. The highest BCUT2D eigenvalue weighted by molar-refractivity contribution is 6.05. The predicted octanol–water partition coefficient (Wildman–Crippen LogP) is 2.79. The van der Waals surface area contributed by atoms with Crippen LogP contribution in [0.2, 0.25) is 0 Å². The van der Waals surface area contributed by atoms with Crippen molar-refractivity contribution >= 4 is 5.71 Å². The molecular formula is C16H15NO3. The van der Waals surface area contributed by atoms with Crippen LogP contribution in [0.3, 0.4) is 0 Å². The maximum Gasteiger partial charge on any atom is 0.162 e. The highest BCUT2D eigenvalue weighted by atomic mass is 16.5. The summed E-state index contributed by atoms with van der Waals surface area (Å²) in [5.74, 6) is -0.239. The van der Waals surface area contributed by atoms with Gasteiger partial charge in [0.25, 0.3) is 0 Å². The van der Waals surface area contributed by atoms with Gasteiger partial charge in [-0.25, -0.2) is 0 Å². The molecule has 1 aliphatic rings. The Morgan fingerprint density at radius 2 is 1.85 bits per heavy atom. The van der Waals surface area contributed by atoms with Crippen LogP contribution in [0.1, 0.15) is 22.8 Å². The summed E-state index contributed by atoms with van der Waals surface area (Å²) in [5, 5.41) is 19.5. The lowest BCUT2D eigenvalue weighted by molar-refractivity contribution is 0.155. The van der Waals surface area contributed by atoms with E-state index >= 15 is 0 Å². The number of methoxy groups -OCH3 is 1. The first-order chi connectivity index (χ1) is 9.72. The Kier molecular flexibility index (Phi) is 3.16. The van der Waals surface area contributed by atoms with Crippen molar-refractivity contribution in [2.45, 2.75) is 12.6 Å². The lowest BCUT2D eigenvalue weighted by Gasteiger charge is -2.26. The summed E-state index contributed by atoms with van der Waals surface area (Å²) in [4.78, 5) is 4.52. The van der Waals surface area contributed by atoms with Gasteiger partial charge >= 0.3 is 0 Å². The van der Waals surface area contributed by atoms with Crippen molar-refractivity contribution in [2.75, 3.05) is 7.11 Å². The smallest absolute Gasteiger partial charge is 0.162 e. The van der Waals surface area contributed by atoms with Gasteiger partial charge in [-0.05, 0) is 17.2 Å². The third-order valence-corrected chi connectivity index (χ3v) is 3.54. The van der Waals surface area contributed by atoms with E-state index in [1.54, 1.807) is 13.2 Å². The van der Waals surface area contributed by atoms with Crippen LogP contribution in [-0.4, -0.2) is 23.0 Å². The Morgan fingerprint density at radius 1 is 1.10 bits per heavy atom. The Bertz CT molecular complexity index is 665. The SMILES string of the molecule is COC1C(c2ccccc2)=NCc2c1ccc(O)c2O. The van der Waals surface area contributed by atoms with Gasteiger partial charge in [-0.3, -0.25) is 4.99 Å². The molecule has 0 radical (unpaired) electrons. The first-order valence-electron chi connectivity index (χ1n) is 6.38. The fourth-order valence-corrected chi connectivity index (χ4v) is 2.54. The summed E-state index contributed by atoms with van der Waals surface area (Å²) in [7, 11) is 1.61. The molecule has 0 spiro atoms. The highest BCUT2D eigenvalue weighted by Gasteiger charge is 2.28. The standard InChI is InChI=1S/C16H15NO3/c1-20-16-11-7-8-13(18)15(19)12(11)9-17-14(16)10-5-3-2-4-6-10/h2-8,16,18-19H,9H2,1H3. The number of phenols is 2. The molecular weight excluding hydrogens is 254 g/mol. The van der Waals surface area contributed by atoms with Crippen LogP contribution < -0.4 is 0 Å². The Balaban J connectivity index is 2.10. The lowest BCUT2D eigenvalue weighted by atomic mass is 9.91. The number of hydrogen-bond acceptors (Lipinski definition) is 4. The molecule has 0 bridgehead atoms. The van der Waals surface area contributed by atoms with Crippen LogP contribution >= 0.6 is 0 Å². The highest BCUT2D eigenvalue weighted by Crippen LogP contribution is 2.39. The van der Waals surface area contributed by atoms with E-state index in [1.807, 2.05) is 30.3 Å². The summed E-state index contributed by atoms with van der Waals surface area (Å²) in [6.07, 6.45) is -0.340. The van der Waals surface area contributed by atoms with Gasteiger partial charge < -0.3 is 14.9 Å². The van der Waals surface area contributed by atoms with Crippen LogP contribution in [-0.2, 0) is 11.3 Å². The third-order valence-electron chi connectivity index (χ3n) is 3.54. The molecule has 20 heavy (non-hydrogen) atoms. The molecule has 102 valence electrons. The zero-order chi connectivity index (χ0) is 14.1. The maximum absolute atomic E-state index is 9.94. The fraction of sp³-hybridized carbons (Fsp3) is 0.188. The predicted molar refractivity (Wildman–Crippen MR) is 76.2 cm³/mol. The maximum atomic E-state index is 9.94. The minimum Gasteiger partial charge on any atom is -0.504 e. The molecule has 3 rings (SSSR count). The van der Waals surface area contributed by atoms with E-state index in [2.05, 4.69) is 4.99 Å². The van der Waals surface area contributed by atoms with Gasteiger partial charge in [0.1, 0.15) is 6.10 Å². The van der Waals surface area contributed by atoms with Crippen LogP contribution in [0.4, 0.5) is 0 Å². The molecule has 1 atom stereocenters. The third kappa shape index (κ3) is 1.94. The van der Waals surface area contributed by atoms with Crippen molar-refractivity contribution in [3.8, 4) is 11.5 Å². The van der Waals surface area contributed by atoms with Gasteiger partial charge in [-0.1, -0.05) is 36.4 Å². The largest absolute Gasteiger partial charge is 0.504 e. The average molecular weight is 269 g/mol. The number of hydrogen-bond donors (Lipinski definition) is 2. The Labute approximate surface area is 117 Å². The minimum atomic E-state index is -0.340. The second-order valence-corrected chi connectivity index (χ2v) is 4.68. The van der Waals surface area contributed by atoms with Gasteiger partial charge in [-0.15, -0.1) is 0 Å². The molecule has 0 saturated heterocycles. The molecule has 0 amide bonds. The number of ether oxygens (including phenoxy) is 1. The summed E-state index contributed by atoms with van der Waals surface area (Å²) in [5.41, 5.74) is 3.30. The number of aromatic hydroxyl groups is 2. The Hall–Kier alpha value is -2.33. The average Bonchev–Trinajstić information content (AvgIpc) is 2.50. The molecule has 1 heterocycles. The van der Waals surface area contributed by atoms with E-state index in [1.165, 1.54) is 6.07 Å². The van der Waals surface area contributed by atoms with Crippen molar-refractivity contribution in [3.05, 3.63) is 59.2 Å². The molecule has 2 aromatic carbocycles. The van der Waals surface area contributed by atoms with Crippen LogP contribution in [0.15, 0.2) is 47.5 Å². The minimum absolute atomic E-state index is 0.111. The molecule has 4 heteroatoms. The summed E-state index contributed by atoms with van der Waals surface area (Å²) < 4.78 is 5.56. The van der Waals surface area contributed by atoms with Crippen LogP contribution in [0.5, 0.6) is 11.5 Å². The van der Waals surface area contributed by atoms with E-state index in [4.69, 9.17) is 4.74 Å². The van der Waals surface area contributed by atoms with Gasteiger partial charge in [0.2, 0.25) is 0 Å². The number of aliphatic imine (C=N–C) groups is 1. The first-order valence-corrected chi connectivity index (χ1v) is 6.38. The zero-order valence-corrected chi connectivity index (χ0v) is 11.1. The van der Waals surface area contributed by atoms with Gasteiger partial charge in [0.05, 0.1) is 12.3 Å². The molecule has 1 aliphatic heterocycles. The number of fused-ring (bicyclic) bond motifs is 1. The van der Waals surface area contributed by atoms with E-state index < -0.39 is 0 Å². The number of rotatable bonds is 2. The second-order valence-electron chi connectivity index (χ2n) is 4.68. The van der Waals surface area contributed by atoms with Gasteiger partial charge in [0, 0.05) is 12.7 Å². The Morgan fingerprint density at radius 3 is 2.55 bits per heavy atom. The summed E-state index contributed by atoms with van der Waals surface area (Å²) in [6.45, 7) is 0.333. The normalized spacial score (nSPS) is 17.4. The van der Waals surface area contributed by atoms with Gasteiger partial charge in [0.15, 0.2) is 11.5 Å². The van der Waals surface area contributed by atoms with Crippen molar-refractivity contribution in [3.63, 3.8) is 0 Å². The lowest BCUT2D eigenvalue weighted by Crippen LogP contribution is -2.21. The quantitative estimate of drug-likeness (QED) is 0.824. The molecule has 0 aromatic heterocycles.